The van der Waals surface area contributed by atoms with Crippen LogP contribution in [0.3, 0.4) is 0 Å². The summed E-state index contributed by atoms with van der Waals surface area (Å²) in [6.45, 7) is 5.58. The van der Waals surface area contributed by atoms with Crippen molar-refractivity contribution in [2.24, 2.45) is 11.8 Å². The summed E-state index contributed by atoms with van der Waals surface area (Å²) in [7, 11) is 2.05. The molecular formula is C18H29ClN2O. The smallest absolute Gasteiger partial charge is 0.119 e. The molecule has 124 valence electrons. The van der Waals surface area contributed by atoms with Crippen molar-refractivity contribution in [3.05, 3.63) is 29.8 Å². The van der Waals surface area contributed by atoms with Gasteiger partial charge in [0.2, 0.25) is 0 Å². The van der Waals surface area contributed by atoms with E-state index in [1.165, 1.54) is 44.3 Å². The van der Waals surface area contributed by atoms with Crippen molar-refractivity contribution < 1.29 is 4.74 Å². The highest BCUT2D eigenvalue weighted by Gasteiger charge is 2.22. The maximum atomic E-state index is 5.80. The minimum absolute atomic E-state index is 0. The normalized spacial score (nSPS) is 22.1. The predicted molar refractivity (Wildman–Crippen MR) is 93.8 cm³/mol. The summed E-state index contributed by atoms with van der Waals surface area (Å²) in [5.41, 5.74) is 1.40. The average molecular weight is 325 g/mol. The van der Waals surface area contributed by atoms with E-state index in [2.05, 4.69) is 41.5 Å². The number of nitrogens with zero attached hydrogens (tertiary/aromatic N) is 1. The number of likely N-dealkylation sites (tertiary alicyclic amines) is 1. The van der Waals surface area contributed by atoms with E-state index in [-0.39, 0.29) is 12.4 Å². The van der Waals surface area contributed by atoms with Crippen molar-refractivity contribution in [3.63, 3.8) is 0 Å². The zero-order valence-corrected chi connectivity index (χ0v) is 14.4. The van der Waals surface area contributed by atoms with Crippen molar-refractivity contribution >= 4 is 12.4 Å². The Hall–Kier alpha value is -0.770. The van der Waals surface area contributed by atoms with Gasteiger partial charge in [-0.2, -0.15) is 0 Å². The second-order valence-electron chi connectivity index (χ2n) is 6.70. The molecule has 1 unspecified atom stereocenters. The quantitative estimate of drug-likeness (QED) is 0.832. The number of nitrogens with one attached hydrogen (secondary N) is 1. The molecule has 4 heteroatoms. The van der Waals surface area contributed by atoms with Crippen LogP contribution >= 0.6 is 12.4 Å². The molecule has 0 bridgehead atoms. The van der Waals surface area contributed by atoms with Crippen LogP contribution in [0, 0.1) is 11.8 Å². The van der Waals surface area contributed by atoms with Crippen molar-refractivity contribution in [1.82, 2.24) is 10.2 Å². The summed E-state index contributed by atoms with van der Waals surface area (Å²) < 4.78 is 5.80. The summed E-state index contributed by atoms with van der Waals surface area (Å²) in [6, 6.07) is 8.72. The second kappa shape index (κ2) is 8.76. The van der Waals surface area contributed by atoms with Crippen LogP contribution in [0.4, 0.5) is 0 Å². The van der Waals surface area contributed by atoms with Crippen LogP contribution in [-0.4, -0.2) is 38.2 Å². The lowest BCUT2D eigenvalue weighted by Crippen LogP contribution is -2.38. The van der Waals surface area contributed by atoms with Gasteiger partial charge in [0.15, 0.2) is 0 Å². The standard InChI is InChI=1S/C18H28N2O.ClH/c1-19-11-17-3-2-10-20(13-17)12-15-6-8-18(9-7-15)21-14-16-4-5-16;/h6-9,16-17,19H,2-5,10-14H2,1H3;1H. The van der Waals surface area contributed by atoms with Gasteiger partial charge in [0.25, 0.3) is 0 Å². The van der Waals surface area contributed by atoms with Gasteiger partial charge in [-0.25, -0.2) is 0 Å². The van der Waals surface area contributed by atoms with Gasteiger partial charge in [-0.15, -0.1) is 12.4 Å². The molecule has 1 N–H and O–H groups in total. The molecule has 0 radical (unpaired) electrons. The maximum Gasteiger partial charge on any atom is 0.119 e. The number of rotatable bonds is 7. The molecule has 1 aliphatic heterocycles. The van der Waals surface area contributed by atoms with Crippen LogP contribution < -0.4 is 10.1 Å². The molecule has 1 saturated heterocycles. The van der Waals surface area contributed by atoms with Crippen LogP contribution in [0.5, 0.6) is 5.75 Å². The molecule has 1 aromatic rings. The molecule has 1 atom stereocenters. The first kappa shape index (κ1) is 17.6. The third kappa shape index (κ3) is 5.45. The Kier molecular flexibility index (Phi) is 7.00. The van der Waals surface area contributed by atoms with E-state index in [1.807, 2.05) is 0 Å². The summed E-state index contributed by atoms with van der Waals surface area (Å²) in [5, 5.41) is 3.31. The lowest BCUT2D eigenvalue weighted by atomic mass is 9.97. The molecule has 0 spiro atoms. The fourth-order valence-corrected chi connectivity index (χ4v) is 3.20. The van der Waals surface area contributed by atoms with E-state index in [0.717, 1.165) is 37.3 Å². The molecule has 1 aliphatic carbocycles. The van der Waals surface area contributed by atoms with E-state index >= 15 is 0 Å². The van der Waals surface area contributed by atoms with Gasteiger partial charge in [0, 0.05) is 13.1 Å². The Labute approximate surface area is 140 Å². The van der Waals surface area contributed by atoms with Crippen LogP contribution in [-0.2, 0) is 6.54 Å². The topological polar surface area (TPSA) is 24.5 Å². The molecule has 1 saturated carbocycles. The fraction of sp³-hybridized carbons (Fsp3) is 0.667. The first-order valence-corrected chi connectivity index (χ1v) is 8.42. The van der Waals surface area contributed by atoms with E-state index in [4.69, 9.17) is 4.74 Å². The number of hydrogen-bond acceptors (Lipinski definition) is 3. The molecule has 2 fully saturated rings. The molecular weight excluding hydrogens is 296 g/mol. The number of halogens is 1. The van der Waals surface area contributed by atoms with Crippen molar-refractivity contribution in [3.8, 4) is 5.75 Å². The minimum Gasteiger partial charge on any atom is -0.493 e. The lowest BCUT2D eigenvalue weighted by molar-refractivity contribution is 0.167. The van der Waals surface area contributed by atoms with Crippen LogP contribution in [0.2, 0.25) is 0 Å². The predicted octanol–water partition coefficient (Wildman–Crippen LogP) is 3.33. The molecule has 1 heterocycles. The lowest BCUT2D eigenvalue weighted by Gasteiger charge is -2.32. The van der Waals surface area contributed by atoms with Gasteiger partial charge < -0.3 is 10.1 Å². The zero-order chi connectivity index (χ0) is 14.5. The Morgan fingerprint density at radius 1 is 1.14 bits per heavy atom. The van der Waals surface area contributed by atoms with Gasteiger partial charge >= 0.3 is 0 Å². The second-order valence-corrected chi connectivity index (χ2v) is 6.70. The van der Waals surface area contributed by atoms with E-state index in [0.29, 0.717) is 0 Å². The number of benzene rings is 1. The SMILES string of the molecule is CNCC1CCCN(Cc2ccc(OCC3CC3)cc2)C1.Cl. The maximum absolute atomic E-state index is 5.80. The molecule has 2 aliphatic rings. The van der Waals surface area contributed by atoms with E-state index in [1.54, 1.807) is 0 Å². The molecule has 0 aromatic heterocycles. The van der Waals surface area contributed by atoms with E-state index in [9.17, 15) is 0 Å². The number of hydrogen-bond donors (Lipinski definition) is 1. The fourth-order valence-electron chi connectivity index (χ4n) is 3.20. The molecule has 3 nitrogen and oxygen atoms in total. The summed E-state index contributed by atoms with van der Waals surface area (Å²) >= 11 is 0. The van der Waals surface area contributed by atoms with Gasteiger partial charge in [-0.1, -0.05) is 12.1 Å². The van der Waals surface area contributed by atoms with Crippen molar-refractivity contribution in [2.45, 2.75) is 32.2 Å². The highest BCUT2D eigenvalue weighted by atomic mass is 35.5. The summed E-state index contributed by atoms with van der Waals surface area (Å²) in [4.78, 5) is 2.59. The average Bonchev–Trinajstić information content (AvgIpc) is 3.32. The van der Waals surface area contributed by atoms with Gasteiger partial charge in [-0.3, -0.25) is 4.90 Å². The number of piperidine rings is 1. The van der Waals surface area contributed by atoms with Crippen molar-refractivity contribution in [1.29, 1.82) is 0 Å². The Bertz CT molecular complexity index is 431. The number of ether oxygens (including phenoxy) is 1. The Morgan fingerprint density at radius 2 is 1.91 bits per heavy atom. The largest absolute Gasteiger partial charge is 0.493 e. The third-order valence-electron chi connectivity index (χ3n) is 4.61. The third-order valence-corrected chi connectivity index (χ3v) is 4.61. The minimum atomic E-state index is 0. The van der Waals surface area contributed by atoms with E-state index < -0.39 is 0 Å². The Morgan fingerprint density at radius 3 is 2.59 bits per heavy atom. The highest BCUT2D eigenvalue weighted by Crippen LogP contribution is 2.29. The van der Waals surface area contributed by atoms with Gasteiger partial charge in [0.05, 0.1) is 6.61 Å². The van der Waals surface area contributed by atoms with Crippen LogP contribution in [0.1, 0.15) is 31.2 Å². The first-order chi connectivity index (χ1) is 10.3. The molecule has 3 rings (SSSR count). The summed E-state index contributed by atoms with van der Waals surface area (Å²) in [5.74, 6) is 2.66. The first-order valence-electron chi connectivity index (χ1n) is 8.42. The van der Waals surface area contributed by atoms with Crippen LogP contribution in [0.15, 0.2) is 24.3 Å². The monoisotopic (exact) mass is 324 g/mol. The summed E-state index contributed by atoms with van der Waals surface area (Å²) in [6.07, 6.45) is 5.39. The molecule has 1 aromatic carbocycles. The zero-order valence-electron chi connectivity index (χ0n) is 13.6. The molecule has 22 heavy (non-hydrogen) atoms. The molecule has 0 amide bonds. The Balaban J connectivity index is 0.00000176. The van der Waals surface area contributed by atoms with Crippen molar-refractivity contribution in [2.75, 3.05) is 33.3 Å². The van der Waals surface area contributed by atoms with Gasteiger partial charge in [0.1, 0.15) is 5.75 Å². The van der Waals surface area contributed by atoms with Gasteiger partial charge in [-0.05, 0) is 75.4 Å². The van der Waals surface area contributed by atoms with Crippen LogP contribution in [0.25, 0.3) is 0 Å². The highest BCUT2D eigenvalue weighted by molar-refractivity contribution is 5.85.